The third-order valence-electron chi connectivity index (χ3n) is 8.74. The summed E-state index contributed by atoms with van der Waals surface area (Å²) in [6.07, 6.45) is 0. The first-order valence-electron chi connectivity index (χ1n) is 19.5. The number of hydrogen-bond acceptors (Lipinski definition) is 1. The fourth-order valence-corrected chi connectivity index (χ4v) is 6.72. The van der Waals surface area contributed by atoms with Crippen LogP contribution in [0, 0.1) is 0 Å². The highest BCUT2D eigenvalue weighted by Crippen LogP contribution is 2.51. The summed E-state index contributed by atoms with van der Waals surface area (Å²) in [4.78, 5) is 0. The average Bonchev–Trinajstić information content (AvgIpc) is 3.62. The van der Waals surface area contributed by atoms with Gasteiger partial charge in [0.2, 0.25) is 0 Å². The van der Waals surface area contributed by atoms with E-state index in [4.69, 9.17) is 9.90 Å². The van der Waals surface area contributed by atoms with Crippen molar-refractivity contribution in [2.75, 3.05) is 0 Å². The Morgan fingerprint density at radius 2 is 0.787 bits per heavy atom. The van der Waals surface area contributed by atoms with E-state index in [9.17, 15) is 5.48 Å². The number of hydrogen-bond donors (Lipinski definition) is 0. The molecule has 0 atom stereocenters. The summed E-state index contributed by atoms with van der Waals surface area (Å²) in [7, 11) is 0. The van der Waals surface area contributed by atoms with E-state index in [1.807, 2.05) is 109 Å². The summed E-state index contributed by atoms with van der Waals surface area (Å²) < 4.78 is 80.5. The first kappa shape index (κ1) is 20.0. The monoisotopic (exact) mass is 606 g/mol. The zero-order valence-corrected chi connectivity index (χ0v) is 25.1. The van der Waals surface area contributed by atoms with Crippen LogP contribution in [0.3, 0.4) is 0 Å². The Kier molecular flexibility index (Phi) is 4.83. The SMILES string of the molecule is [2H]c1c([2H])c([2H])c2c(-c3c(-c4ccccc4-c4ccccc4)oc4c(-c5ccccc5)cccc34)c3c([2H])c([2H])c([2H])c([2H])c3c(-c3ccccc3)c2c1[2H]. The molecule has 9 rings (SSSR count). The first-order chi connectivity index (χ1) is 26.7. The van der Waals surface area contributed by atoms with Gasteiger partial charge in [-0.3, -0.25) is 0 Å². The molecule has 1 nitrogen and oxygen atoms in total. The van der Waals surface area contributed by atoms with Gasteiger partial charge in [0.25, 0.3) is 0 Å². The van der Waals surface area contributed by atoms with Gasteiger partial charge in [-0.25, -0.2) is 0 Å². The number of fused-ring (bicyclic) bond motifs is 3. The minimum Gasteiger partial charge on any atom is -0.455 e. The molecule has 0 aliphatic heterocycles. The highest BCUT2D eigenvalue weighted by Gasteiger charge is 2.26. The van der Waals surface area contributed by atoms with Gasteiger partial charge in [0.1, 0.15) is 11.3 Å². The molecule has 0 N–H and O–H groups in total. The molecular formula is C46H30O. The maximum absolute atomic E-state index is 9.55. The van der Waals surface area contributed by atoms with Crippen LogP contribution in [0.15, 0.2) is 186 Å². The normalized spacial score (nSPS) is 13.8. The van der Waals surface area contributed by atoms with Crippen LogP contribution in [0.2, 0.25) is 0 Å². The fourth-order valence-electron chi connectivity index (χ4n) is 6.72. The van der Waals surface area contributed by atoms with Crippen molar-refractivity contribution in [3.63, 3.8) is 0 Å². The molecule has 1 heterocycles. The van der Waals surface area contributed by atoms with Crippen LogP contribution in [0.4, 0.5) is 0 Å². The van der Waals surface area contributed by atoms with Crippen LogP contribution >= 0.6 is 0 Å². The summed E-state index contributed by atoms with van der Waals surface area (Å²) in [5.41, 5.74) is 6.25. The maximum Gasteiger partial charge on any atom is 0.143 e. The average molecular weight is 607 g/mol. The minimum atomic E-state index is -0.457. The largest absolute Gasteiger partial charge is 0.455 e. The molecule has 0 amide bonds. The van der Waals surface area contributed by atoms with Crippen molar-refractivity contribution in [1.82, 2.24) is 0 Å². The molecule has 220 valence electrons. The lowest BCUT2D eigenvalue weighted by Crippen LogP contribution is -1.92. The van der Waals surface area contributed by atoms with Gasteiger partial charge < -0.3 is 4.42 Å². The minimum absolute atomic E-state index is 0.133. The van der Waals surface area contributed by atoms with Crippen LogP contribution < -0.4 is 0 Å². The Hall–Kier alpha value is -6.18. The van der Waals surface area contributed by atoms with Gasteiger partial charge in [0.05, 0.1) is 11.0 Å². The van der Waals surface area contributed by atoms with Crippen LogP contribution in [0.1, 0.15) is 11.0 Å². The van der Waals surface area contributed by atoms with Gasteiger partial charge >= 0.3 is 0 Å². The predicted molar refractivity (Wildman–Crippen MR) is 198 cm³/mol. The zero-order valence-electron chi connectivity index (χ0n) is 33.1. The Bertz CT molecular complexity index is 2910. The van der Waals surface area contributed by atoms with E-state index in [0.717, 1.165) is 22.3 Å². The Morgan fingerprint density at radius 3 is 1.36 bits per heavy atom. The van der Waals surface area contributed by atoms with Gasteiger partial charge in [-0.2, -0.15) is 0 Å². The van der Waals surface area contributed by atoms with E-state index in [1.54, 1.807) is 24.3 Å². The van der Waals surface area contributed by atoms with E-state index in [0.29, 0.717) is 39.0 Å². The van der Waals surface area contributed by atoms with Crippen molar-refractivity contribution in [2.24, 2.45) is 0 Å². The van der Waals surface area contributed by atoms with E-state index < -0.39 is 24.2 Å². The molecule has 0 saturated heterocycles. The molecule has 0 fully saturated rings. The lowest BCUT2D eigenvalue weighted by Gasteiger charge is -2.18. The zero-order chi connectivity index (χ0) is 38.1. The molecular weight excluding hydrogens is 569 g/mol. The summed E-state index contributed by atoms with van der Waals surface area (Å²) in [6, 6.07) is 39.1. The maximum atomic E-state index is 9.55. The van der Waals surface area contributed by atoms with Gasteiger partial charge in [-0.1, -0.05) is 182 Å². The number of benzene rings is 8. The van der Waals surface area contributed by atoms with Crippen LogP contribution in [-0.4, -0.2) is 0 Å². The summed E-state index contributed by atoms with van der Waals surface area (Å²) in [6.45, 7) is 0. The molecule has 0 spiro atoms. The molecule has 9 aromatic rings. The van der Waals surface area contributed by atoms with E-state index in [1.165, 1.54) is 0 Å². The molecule has 47 heavy (non-hydrogen) atoms. The second-order valence-electron chi connectivity index (χ2n) is 11.4. The lowest BCUT2D eigenvalue weighted by molar-refractivity contribution is 0.634. The van der Waals surface area contributed by atoms with Crippen LogP contribution in [-0.2, 0) is 0 Å². The quantitative estimate of drug-likeness (QED) is 0.178. The van der Waals surface area contributed by atoms with Gasteiger partial charge in [0, 0.05) is 27.6 Å². The molecule has 0 aliphatic carbocycles. The van der Waals surface area contributed by atoms with E-state index in [-0.39, 0.29) is 51.3 Å². The van der Waals surface area contributed by atoms with Gasteiger partial charge in [-0.05, 0) is 49.4 Å². The third-order valence-corrected chi connectivity index (χ3v) is 8.74. The second-order valence-corrected chi connectivity index (χ2v) is 11.4. The molecule has 0 saturated carbocycles. The third kappa shape index (κ3) is 4.47. The highest BCUT2D eigenvalue weighted by molar-refractivity contribution is 6.25. The van der Waals surface area contributed by atoms with E-state index >= 15 is 0 Å². The molecule has 0 unspecified atom stereocenters. The van der Waals surface area contributed by atoms with Crippen molar-refractivity contribution < 1.29 is 15.4 Å². The summed E-state index contributed by atoms with van der Waals surface area (Å²) in [5.74, 6) is 0.396. The standard InChI is InChI=1S/C46H30O/c1-4-17-31(18-5-1)34-23-10-15-28-40(34)46-44(41-30-16-29-35(45(41)47-46)32-19-6-2-7-20-32)43-38-26-13-11-24-36(38)42(33-21-8-3-9-22-33)37-25-12-14-27-39(37)43/h1-30H/i11D,12D,13D,14D,24D,25D,26D,27D. The molecule has 1 heteroatoms. The number of para-hydroxylation sites is 1. The van der Waals surface area contributed by atoms with Crippen molar-refractivity contribution in [1.29, 1.82) is 0 Å². The van der Waals surface area contributed by atoms with Crippen molar-refractivity contribution in [3.8, 4) is 55.8 Å². The lowest BCUT2D eigenvalue weighted by atomic mass is 9.84. The summed E-state index contributed by atoms with van der Waals surface area (Å²) in [5, 5.41) is 1.19. The number of furan rings is 1. The molecule has 0 bridgehead atoms. The topological polar surface area (TPSA) is 13.1 Å². The smallest absolute Gasteiger partial charge is 0.143 e. The van der Waals surface area contributed by atoms with Crippen LogP contribution in [0.25, 0.3) is 88.3 Å². The second kappa shape index (κ2) is 11.3. The fraction of sp³-hybridized carbons (Fsp3) is 0. The van der Waals surface area contributed by atoms with Crippen LogP contribution in [0.5, 0.6) is 0 Å². The van der Waals surface area contributed by atoms with Crippen molar-refractivity contribution >= 4 is 32.5 Å². The number of rotatable bonds is 5. The molecule has 0 aliphatic rings. The highest BCUT2D eigenvalue weighted by atomic mass is 16.3. The summed E-state index contributed by atoms with van der Waals surface area (Å²) >= 11 is 0. The Balaban J connectivity index is 1.60. The van der Waals surface area contributed by atoms with Gasteiger partial charge in [-0.15, -0.1) is 0 Å². The molecule has 8 aromatic carbocycles. The molecule has 0 radical (unpaired) electrons. The molecule has 1 aromatic heterocycles. The van der Waals surface area contributed by atoms with Crippen molar-refractivity contribution in [2.45, 2.75) is 0 Å². The van der Waals surface area contributed by atoms with Crippen molar-refractivity contribution in [3.05, 3.63) is 182 Å². The predicted octanol–water partition coefficient (Wildman–Crippen LogP) is 13.1. The van der Waals surface area contributed by atoms with E-state index in [2.05, 4.69) is 0 Å². The van der Waals surface area contributed by atoms with Gasteiger partial charge in [0.15, 0.2) is 0 Å². The first-order valence-corrected chi connectivity index (χ1v) is 15.5. The Morgan fingerprint density at radius 1 is 0.340 bits per heavy atom. The Labute approximate surface area is 285 Å².